The van der Waals surface area contributed by atoms with Gasteiger partial charge in [0, 0.05) is 31.1 Å². The van der Waals surface area contributed by atoms with Crippen LogP contribution >= 0.6 is 0 Å². The predicted octanol–water partition coefficient (Wildman–Crippen LogP) is 2.00. The topological polar surface area (TPSA) is 189 Å². The van der Waals surface area contributed by atoms with Crippen LogP contribution in [0.25, 0.3) is 16.7 Å². The second-order valence-electron chi connectivity index (χ2n) is 7.26. The Morgan fingerprint density at radius 3 is 2.57 bits per heavy atom. The van der Waals surface area contributed by atoms with Crippen LogP contribution in [0.5, 0.6) is 0 Å². The Kier molecular flexibility index (Phi) is 6.05. The number of H-pyrrole nitrogens is 1. The first kappa shape index (κ1) is 22.8. The summed E-state index contributed by atoms with van der Waals surface area (Å²) in [6.45, 7) is 0.208. The molecule has 35 heavy (non-hydrogen) atoms. The summed E-state index contributed by atoms with van der Waals surface area (Å²) in [6.07, 6.45) is 2.43. The number of aromatic carboxylic acids is 1. The second kappa shape index (κ2) is 9.27. The average molecular weight is 476 g/mol. The van der Waals surface area contributed by atoms with Crippen LogP contribution in [0, 0.1) is 10.1 Å². The molecule has 0 aliphatic rings. The fraction of sp³-hybridized carbons (Fsp3) is 0.0455. The molecule has 0 radical (unpaired) electrons. The Morgan fingerprint density at radius 1 is 1.14 bits per heavy atom. The van der Waals surface area contributed by atoms with E-state index in [2.05, 4.69) is 20.6 Å². The van der Waals surface area contributed by atoms with Crippen LogP contribution in [0.4, 0.5) is 16.2 Å². The molecule has 0 aliphatic carbocycles. The van der Waals surface area contributed by atoms with Crippen LogP contribution in [-0.4, -0.2) is 36.6 Å². The van der Waals surface area contributed by atoms with Gasteiger partial charge in [-0.25, -0.2) is 14.6 Å². The molecule has 13 heteroatoms. The SMILES string of the molecule is O=C(NCc1ccccc1)Nc1cn(-c2cc3nc(C(=O)O)c(=O)[nH]c3cc2[N+](=O)[O-])ccc1=O. The van der Waals surface area contributed by atoms with Gasteiger partial charge in [0.25, 0.3) is 11.2 Å². The van der Waals surface area contributed by atoms with Gasteiger partial charge >= 0.3 is 12.0 Å². The number of amides is 2. The highest BCUT2D eigenvalue weighted by molar-refractivity contribution is 5.90. The van der Waals surface area contributed by atoms with Crippen LogP contribution in [-0.2, 0) is 6.54 Å². The van der Waals surface area contributed by atoms with Gasteiger partial charge in [0.05, 0.1) is 16.0 Å². The minimum absolute atomic E-state index is 0.0311. The maximum Gasteiger partial charge on any atom is 0.360 e. The number of carboxylic acid groups (broad SMARTS) is 1. The predicted molar refractivity (Wildman–Crippen MR) is 124 cm³/mol. The van der Waals surface area contributed by atoms with E-state index in [-0.39, 0.29) is 29.0 Å². The largest absolute Gasteiger partial charge is 0.476 e. The highest BCUT2D eigenvalue weighted by Gasteiger charge is 2.20. The second-order valence-corrected chi connectivity index (χ2v) is 7.26. The Balaban J connectivity index is 1.71. The molecule has 0 saturated carbocycles. The number of hydrogen-bond acceptors (Lipinski definition) is 7. The molecule has 4 rings (SSSR count). The first-order valence-electron chi connectivity index (χ1n) is 10.00. The van der Waals surface area contributed by atoms with E-state index in [1.165, 1.54) is 23.0 Å². The highest BCUT2D eigenvalue weighted by atomic mass is 16.6. The zero-order valence-electron chi connectivity index (χ0n) is 17.7. The van der Waals surface area contributed by atoms with Crippen molar-refractivity contribution in [3.05, 3.63) is 103 Å². The van der Waals surface area contributed by atoms with Crippen molar-refractivity contribution in [3.63, 3.8) is 0 Å². The van der Waals surface area contributed by atoms with Crippen molar-refractivity contribution in [1.29, 1.82) is 0 Å². The summed E-state index contributed by atoms with van der Waals surface area (Å²) < 4.78 is 1.21. The molecule has 13 nitrogen and oxygen atoms in total. The number of rotatable bonds is 6. The van der Waals surface area contributed by atoms with Crippen LogP contribution in [0.15, 0.2) is 70.5 Å². The van der Waals surface area contributed by atoms with Crippen molar-refractivity contribution >= 4 is 34.4 Å². The number of fused-ring (bicyclic) bond motifs is 1. The third kappa shape index (κ3) is 4.88. The summed E-state index contributed by atoms with van der Waals surface area (Å²) in [5.41, 5.74) is -2.27. The molecule has 0 atom stereocenters. The van der Waals surface area contributed by atoms with Gasteiger partial charge in [-0.3, -0.25) is 19.7 Å². The smallest absolute Gasteiger partial charge is 0.360 e. The number of nitro groups is 1. The summed E-state index contributed by atoms with van der Waals surface area (Å²) in [7, 11) is 0. The average Bonchev–Trinajstić information content (AvgIpc) is 2.83. The first-order valence-corrected chi connectivity index (χ1v) is 10.00. The number of carbonyl (C=O) groups excluding carboxylic acids is 1. The summed E-state index contributed by atoms with van der Waals surface area (Å²) >= 11 is 0. The van der Waals surface area contributed by atoms with Gasteiger partial charge in [-0.05, 0) is 11.6 Å². The van der Waals surface area contributed by atoms with Gasteiger partial charge in [-0.2, -0.15) is 0 Å². The number of aromatic amines is 1. The molecule has 2 heterocycles. The van der Waals surface area contributed by atoms with E-state index in [4.69, 9.17) is 5.11 Å². The van der Waals surface area contributed by atoms with E-state index < -0.39 is 39.3 Å². The summed E-state index contributed by atoms with van der Waals surface area (Å²) in [6, 6.07) is 11.7. The van der Waals surface area contributed by atoms with Crippen LogP contribution in [0.2, 0.25) is 0 Å². The number of nitro benzene ring substituents is 1. The number of anilines is 1. The Morgan fingerprint density at radius 2 is 1.89 bits per heavy atom. The van der Waals surface area contributed by atoms with E-state index >= 15 is 0 Å². The Labute approximate surface area is 194 Å². The number of carboxylic acids is 1. The molecule has 2 aromatic heterocycles. The van der Waals surface area contributed by atoms with Crippen LogP contribution in [0.1, 0.15) is 16.1 Å². The number of aromatic nitrogens is 3. The molecule has 4 N–H and O–H groups in total. The molecule has 2 amide bonds. The van der Waals surface area contributed by atoms with Gasteiger partial charge in [0.2, 0.25) is 11.1 Å². The van der Waals surface area contributed by atoms with Crippen molar-refractivity contribution in [2.75, 3.05) is 5.32 Å². The van der Waals surface area contributed by atoms with E-state index in [0.29, 0.717) is 0 Å². The zero-order valence-corrected chi connectivity index (χ0v) is 17.7. The minimum Gasteiger partial charge on any atom is -0.476 e. The lowest BCUT2D eigenvalue weighted by atomic mass is 10.2. The minimum atomic E-state index is -1.57. The molecule has 0 bridgehead atoms. The monoisotopic (exact) mass is 476 g/mol. The summed E-state index contributed by atoms with van der Waals surface area (Å²) in [4.78, 5) is 64.7. The number of hydrogen-bond donors (Lipinski definition) is 4. The number of carbonyl (C=O) groups is 2. The lowest BCUT2D eigenvalue weighted by molar-refractivity contribution is -0.384. The van der Waals surface area contributed by atoms with Crippen molar-refractivity contribution in [3.8, 4) is 5.69 Å². The van der Waals surface area contributed by atoms with Gasteiger partial charge in [0.15, 0.2) is 0 Å². The van der Waals surface area contributed by atoms with E-state index in [0.717, 1.165) is 17.7 Å². The maximum atomic E-state index is 12.3. The normalized spacial score (nSPS) is 10.6. The number of nitrogens with one attached hydrogen (secondary N) is 3. The van der Waals surface area contributed by atoms with Crippen molar-refractivity contribution in [2.45, 2.75) is 6.54 Å². The van der Waals surface area contributed by atoms with Gasteiger partial charge < -0.3 is 25.3 Å². The zero-order chi connectivity index (χ0) is 25.1. The molecule has 176 valence electrons. The molecule has 0 saturated heterocycles. The molecule has 0 spiro atoms. The fourth-order valence-corrected chi connectivity index (χ4v) is 3.28. The molecule has 2 aromatic carbocycles. The highest BCUT2D eigenvalue weighted by Crippen LogP contribution is 2.27. The molecule has 4 aromatic rings. The fourth-order valence-electron chi connectivity index (χ4n) is 3.28. The van der Waals surface area contributed by atoms with E-state index in [1.54, 1.807) is 0 Å². The Bertz CT molecular complexity index is 1590. The number of nitrogens with zero attached hydrogens (tertiary/aromatic N) is 3. The lowest BCUT2D eigenvalue weighted by Gasteiger charge is -2.12. The molecule has 0 aliphatic heterocycles. The number of benzene rings is 2. The summed E-state index contributed by atoms with van der Waals surface area (Å²) in [5.74, 6) is -1.57. The van der Waals surface area contributed by atoms with Gasteiger partial charge in [-0.1, -0.05) is 30.3 Å². The third-order valence-electron chi connectivity index (χ3n) is 4.93. The quantitative estimate of drug-likeness (QED) is 0.240. The van der Waals surface area contributed by atoms with Crippen molar-refractivity contribution in [2.24, 2.45) is 0 Å². The number of pyridine rings is 1. The van der Waals surface area contributed by atoms with Gasteiger partial charge in [0.1, 0.15) is 11.4 Å². The van der Waals surface area contributed by atoms with E-state index in [1.807, 2.05) is 30.3 Å². The van der Waals surface area contributed by atoms with E-state index in [9.17, 15) is 29.3 Å². The lowest BCUT2D eigenvalue weighted by Crippen LogP contribution is -2.30. The third-order valence-corrected chi connectivity index (χ3v) is 4.93. The Hall–Kier alpha value is -5.33. The van der Waals surface area contributed by atoms with Crippen molar-refractivity contribution < 1.29 is 19.6 Å². The number of urea groups is 1. The van der Waals surface area contributed by atoms with Crippen molar-refractivity contribution in [1.82, 2.24) is 19.9 Å². The molecular formula is C22H16N6O7. The van der Waals surface area contributed by atoms with Gasteiger partial charge in [-0.15, -0.1) is 0 Å². The molecule has 0 unspecified atom stereocenters. The van der Waals surface area contributed by atoms with Crippen LogP contribution < -0.4 is 21.6 Å². The molecular weight excluding hydrogens is 460 g/mol. The standard InChI is InChI=1S/C22H16N6O7/c29-18-6-7-27(11-15(18)26-22(33)23-10-12-4-2-1-3-5-12)16-8-13-14(9-17(16)28(34)35)25-20(30)19(24-13)21(31)32/h1-9,11H,10H2,(H,25,30)(H,31,32)(H2,23,26,33). The first-order chi connectivity index (χ1) is 16.7. The van der Waals surface area contributed by atoms with Crippen LogP contribution in [0.3, 0.4) is 0 Å². The maximum absolute atomic E-state index is 12.3. The molecule has 0 fully saturated rings. The summed E-state index contributed by atoms with van der Waals surface area (Å²) in [5, 5.41) is 25.9.